The van der Waals surface area contributed by atoms with Crippen LogP contribution in [0.4, 0.5) is 5.82 Å². The fourth-order valence-electron chi connectivity index (χ4n) is 2.05. The molecule has 0 radical (unpaired) electrons. The van der Waals surface area contributed by atoms with Crippen LogP contribution < -0.4 is 10.6 Å². The Morgan fingerprint density at radius 1 is 1.35 bits per heavy atom. The first-order chi connectivity index (χ1) is 9.56. The topological polar surface area (TPSA) is 54.0 Å². The molecule has 4 nitrogen and oxygen atoms in total. The summed E-state index contributed by atoms with van der Waals surface area (Å²) < 4.78 is 0. The van der Waals surface area contributed by atoms with E-state index in [-0.39, 0.29) is 5.91 Å². The Morgan fingerprint density at radius 3 is 2.70 bits per heavy atom. The normalized spacial score (nSPS) is 10.7. The summed E-state index contributed by atoms with van der Waals surface area (Å²) in [6.07, 6.45) is 4.08. The number of aromatic nitrogens is 1. The van der Waals surface area contributed by atoms with Crippen LogP contribution in [0.1, 0.15) is 56.1 Å². The molecule has 1 rings (SSSR count). The average molecular weight is 277 g/mol. The third-order valence-corrected chi connectivity index (χ3v) is 3.15. The Hall–Kier alpha value is -1.58. The molecule has 1 heterocycles. The zero-order valence-electron chi connectivity index (χ0n) is 13.1. The number of aryl methyl sites for hydroxylation is 1. The molecule has 0 aromatic carbocycles. The molecule has 0 unspecified atom stereocenters. The van der Waals surface area contributed by atoms with E-state index in [9.17, 15) is 4.79 Å². The lowest BCUT2D eigenvalue weighted by atomic mass is 10.1. The van der Waals surface area contributed by atoms with E-state index < -0.39 is 0 Å². The molecule has 20 heavy (non-hydrogen) atoms. The minimum Gasteiger partial charge on any atom is -0.373 e. The molecule has 1 aromatic rings. The second-order valence-corrected chi connectivity index (χ2v) is 5.52. The van der Waals surface area contributed by atoms with Gasteiger partial charge < -0.3 is 10.6 Å². The molecule has 0 fully saturated rings. The Bertz CT molecular complexity index is 430. The lowest BCUT2D eigenvalue weighted by molar-refractivity contribution is 0.0952. The van der Waals surface area contributed by atoms with Crippen molar-refractivity contribution in [1.29, 1.82) is 0 Å². The van der Waals surface area contributed by atoms with Crippen molar-refractivity contribution in [2.24, 2.45) is 5.92 Å². The molecule has 112 valence electrons. The van der Waals surface area contributed by atoms with Crippen LogP contribution in [0.3, 0.4) is 0 Å². The zero-order valence-corrected chi connectivity index (χ0v) is 13.1. The molecule has 0 aliphatic rings. The maximum Gasteiger partial charge on any atom is 0.251 e. The molecular formula is C16H27N3O. The van der Waals surface area contributed by atoms with E-state index in [2.05, 4.69) is 36.4 Å². The van der Waals surface area contributed by atoms with Gasteiger partial charge in [-0.3, -0.25) is 4.79 Å². The van der Waals surface area contributed by atoms with Crippen LogP contribution in [-0.2, 0) is 6.42 Å². The molecule has 4 heteroatoms. The lowest BCUT2D eigenvalue weighted by Crippen LogP contribution is -2.25. The van der Waals surface area contributed by atoms with Crippen LogP contribution in [0.2, 0.25) is 0 Å². The molecule has 0 spiro atoms. The molecule has 0 bridgehead atoms. The van der Waals surface area contributed by atoms with Crippen molar-refractivity contribution in [2.75, 3.05) is 18.9 Å². The van der Waals surface area contributed by atoms with Crippen molar-refractivity contribution in [1.82, 2.24) is 10.3 Å². The highest BCUT2D eigenvalue weighted by Gasteiger charge is 2.09. The van der Waals surface area contributed by atoms with Gasteiger partial charge >= 0.3 is 0 Å². The molecule has 0 saturated heterocycles. The van der Waals surface area contributed by atoms with E-state index in [1.165, 1.54) is 0 Å². The Labute approximate surface area is 122 Å². The summed E-state index contributed by atoms with van der Waals surface area (Å²) in [5.74, 6) is 1.42. The van der Waals surface area contributed by atoms with Crippen molar-refractivity contribution in [3.8, 4) is 0 Å². The highest BCUT2D eigenvalue weighted by atomic mass is 16.1. The van der Waals surface area contributed by atoms with Gasteiger partial charge in [0, 0.05) is 24.8 Å². The summed E-state index contributed by atoms with van der Waals surface area (Å²) >= 11 is 0. The first-order valence-electron chi connectivity index (χ1n) is 7.53. The lowest BCUT2D eigenvalue weighted by Gasteiger charge is -2.10. The fourth-order valence-corrected chi connectivity index (χ4v) is 2.05. The molecule has 0 saturated carbocycles. The van der Waals surface area contributed by atoms with Gasteiger partial charge in [0.2, 0.25) is 0 Å². The van der Waals surface area contributed by atoms with Gasteiger partial charge in [-0.2, -0.15) is 0 Å². The molecule has 0 aliphatic heterocycles. The van der Waals surface area contributed by atoms with Crippen LogP contribution in [-0.4, -0.2) is 24.5 Å². The predicted octanol–water partition coefficient (Wildman–Crippen LogP) is 3.24. The minimum atomic E-state index is -0.00925. The second kappa shape index (κ2) is 8.56. The van der Waals surface area contributed by atoms with Gasteiger partial charge in [-0.05, 0) is 37.3 Å². The van der Waals surface area contributed by atoms with Crippen LogP contribution in [0.15, 0.2) is 12.1 Å². The molecule has 2 N–H and O–H groups in total. The standard InChI is InChI=1S/C16H27N3O/c1-5-7-14-10-13(11-15(17-4)19-14)16(20)18-9-6-8-12(2)3/h10-12H,5-9H2,1-4H3,(H,17,19)(H,18,20). The maximum atomic E-state index is 12.1. The van der Waals surface area contributed by atoms with Gasteiger partial charge in [0.25, 0.3) is 5.91 Å². The third kappa shape index (κ3) is 5.59. The number of hydrogen-bond donors (Lipinski definition) is 2. The van der Waals surface area contributed by atoms with Gasteiger partial charge in [-0.1, -0.05) is 27.2 Å². The summed E-state index contributed by atoms with van der Waals surface area (Å²) in [7, 11) is 1.82. The first-order valence-corrected chi connectivity index (χ1v) is 7.53. The van der Waals surface area contributed by atoms with Gasteiger partial charge in [0.1, 0.15) is 5.82 Å². The number of carbonyl (C=O) groups is 1. The molecule has 1 amide bonds. The molecular weight excluding hydrogens is 250 g/mol. The van der Waals surface area contributed by atoms with Gasteiger partial charge in [0.15, 0.2) is 0 Å². The minimum absolute atomic E-state index is 0.00925. The molecule has 0 aliphatic carbocycles. The van der Waals surface area contributed by atoms with Gasteiger partial charge in [-0.25, -0.2) is 4.98 Å². The van der Waals surface area contributed by atoms with E-state index in [4.69, 9.17) is 0 Å². The van der Waals surface area contributed by atoms with E-state index in [0.29, 0.717) is 11.5 Å². The number of nitrogens with zero attached hydrogens (tertiary/aromatic N) is 1. The van der Waals surface area contributed by atoms with Crippen LogP contribution in [0.25, 0.3) is 0 Å². The summed E-state index contributed by atoms with van der Waals surface area (Å²) in [4.78, 5) is 16.6. The Balaban J connectivity index is 2.64. The Kier molecular flexibility index (Phi) is 7.05. The average Bonchev–Trinajstić information content (AvgIpc) is 2.43. The summed E-state index contributed by atoms with van der Waals surface area (Å²) in [6.45, 7) is 7.23. The van der Waals surface area contributed by atoms with Crippen molar-refractivity contribution in [3.05, 3.63) is 23.4 Å². The highest BCUT2D eigenvalue weighted by molar-refractivity contribution is 5.95. The number of carbonyl (C=O) groups excluding carboxylic acids is 1. The number of hydrogen-bond acceptors (Lipinski definition) is 3. The maximum absolute atomic E-state index is 12.1. The Morgan fingerprint density at radius 2 is 2.10 bits per heavy atom. The van der Waals surface area contributed by atoms with Crippen LogP contribution in [0.5, 0.6) is 0 Å². The van der Waals surface area contributed by atoms with Crippen molar-refractivity contribution in [2.45, 2.75) is 46.5 Å². The van der Waals surface area contributed by atoms with Crippen LogP contribution >= 0.6 is 0 Å². The number of pyridine rings is 1. The van der Waals surface area contributed by atoms with Gasteiger partial charge in [0.05, 0.1) is 0 Å². The summed E-state index contributed by atoms with van der Waals surface area (Å²) in [5, 5.41) is 5.99. The SMILES string of the molecule is CCCc1cc(C(=O)NCCCC(C)C)cc(NC)n1. The number of rotatable bonds is 8. The van der Waals surface area contributed by atoms with E-state index in [1.54, 1.807) is 6.07 Å². The highest BCUT2D eigenvalue weighted by Crippen LogP contribution is 2.12. The second-order valence-electron chi connectivity index (χ2n) is 5.52. The van der Waals surface area contributed by atoms with Crippen molar-refractivity contribution in [3.63, 3.8) is 0 Å². The summed E-state index contributed by atoms with van der Waals surface area (Å²) in [6, 6.07) is 3.69. The predicted molar refractivity (Wildman–Crippen MR) is 84.2 cm³/mol. The number of nitrogens with one attached hydrogen (secondary N) is 2. The largest absolute Gasteiger partial charge is 0.373 e. The van der Waals surface area contributed by atoms with Crippen LogP contribution in [0, 0.1) is 5.92 Å². The smallest absolute Gasteiger partial charge is 0.251 e. The quantitative estimate of drug-likeness (QED) is 0.717. The fraction of sp³-hybridized carbons (Fsp3) is 0.625. The summed E-state index contributed by atoms with van der Waals surface area (Å²) in [5.41, 5.74) is 1.66. The molecule has 1 aromatic heterocycles. The van der Waals surface area contributed by atoms with E-state index >= 15 is 0 Å². The number of amides is 1. The van der Waals surface area contributed by atoms with E-state index in [0.717, 1.165) is 43.7 Å². The first kappa shape index (κ1) is 16.5. The molecule has 0 atom stereocenters. The van der Waals surface area contributed by atoms with Crippen molar-refractivity contribution < 1.29 is 4.79 Å². The third-order valence-electron chi connectivity index (χ3n) is 3.15. The van der Waals surface area contributed by atoms with Gasteiger partial charge in [-0.15, -0.1) is 0 Å². The van der Waals surface area contributed by atoms with Crippen molar-refractivity contribution >= 4 is 11.7 Å². The zero-order chi connectivity index (χ0) is 15.0. The number of anilines is 1. The monoisotopic (exact) mass is 277 g/mol. The van der Waals surface area contributed by atoms with E-state index in [1.807, 2.05) is 13.1 Å².